The summed E-state index contributed by atoms with van der Waals surface area (Å²) in [7, 11) is 0. The Kier molecular flexibility index (Phi) is 3.29. The third-order valence-corrected chi connectivity index (χ3v) is 5.38. The molecule has 0 radical (unpaired) electrons. The zero-order chi connectivity index (χ0) is 14.3. The Labute approximate surface area is 127 Å². The Morgan fingerprint density at radius 2 is 2.05 bits per heavy atom. The predicted octanol–water partition coefficient (Wildman–Crippen LogP) is 1.32. The minimum absolute atomic E-state index is 0.0275. The number of nitrogens with one attached hydrogen (secondary N) is 2. The highest BCUT2D eigenvalue weighted by Crippen LogP contribution is 2.28. The summed E-state index contributed by atoms with van der Waals surface area (Å²) >= 11 is 4.72. The predicted molar refractivity (Wildman–Crippen MR) is 76.6 cm³/mol. The number of urea groups is 1. The van der Waals surface area contributed by atoms with E-state index in [9.17, 15) is 14.4 Å². The van der Waals surface area contributed by atoms with Crippen LogP contribution in [0.5, 0.6) is 0 Å². The van der Waals surface area contributed by atoms with E-state index in [1.807, 2.05) is 5.38 Å². The summed E-state index contributed by atoms with van der Waals surface area (Å²) in [6.45, 7) is 0.921. The molecular formula is C12H12BrN3O3S. The zero-order valence-corrected chi connectivity index (χ0v) is 12.8. The summed E-state index contributed by atoms with van der Waals surface area (Å²) in [5.41, 5.74) is -0.829. The summed E-state index contributed by atoms with van der Waals surface area (Å²) in [5.74, 6) is -0.311. The van der Waals surface area contributed by atoms with Crippen molar-refractivity contribution in [1.82, 2.24) is 15.5 Å². The molecule has 4 amide bonds. The van der Waals surface area contributed by atoms with Crippen molar-refractivity contribution in [3.63, 3.8) is 0 Å². The number of halogens is 1. The molecule has 0 aromatic carbocycles. The maximum absolute atomic E-state index is 12.3. The first-order valence-corrected chi connectivity index (χ1v) is 7.84. The Morgan fingerprint density at radius 1 is 1.35 bits per heavy atom. The number of amides is 4. The summed E-state index contributed by atoms with van der Waals surface area (Å²) < 4.78 is 0.891. The number of thiophene rings is 1. The van der Waals surface area contributed by atoms with Gasteiger partial charge in [-0.2, -0.15) is 0 Å². The maximum Gasteiger partial charge on any atom is 0.322 e. The van der Waals surface area contributed by atoms with Gasteiger partial charge in [0.25, 0.3) is 11.8 Å². The molecule has 2 N–H and O–H groups in total. The molecule has 2 aliphatic rings. The van der Waals surface area contributed by atoms with Crippen LogP contribution in [0.15, 0.2) is 15.9 Å². The molecule has 3 heterocycles. The molecule has 8 heteroatoms. The van der Waals surface area contributed by atoms with E-state index in [-0.39, 0.29) is 11.8 Å². The molecule has 0 saturated carbocycles. The van der Waals surface area contributed by atoms with Gasteiger partial charge < -0.3 is 10.2 Å². The molecule has 106 valence electrons. The van der Waals surface area contributed by atoms with Gasteiger partial charge in [0.2, 0.25) is 0 Å². The second-order valence-corrected chi connectivity index (χ2v) is 6.74. The number of imide groups is 1. The summed E-state index contributed by atoms with van der Waals surface area (Å²) in [6, 6.07) is 1.35. The molecule has 20 heavy (non-hydrogen) atoms. The van der Waals surface area contributed by atoms with Crippen LogP contribution in [-0.2, 0) is 4.79 Å². The van der Waals surface area contributed by atoms with Crippen molar-refractivity contribution in [3.8, 4) is 0 Å². The molecule has 1 spiro atoms. The number of rotatable bonds is 1. The average molecular weight is 358 g/mol. The summed E-state index contributed by atoms with van der Waals surface area (Å²) in [4.78, 5) is 37.7. The molecular weight excluding hydrogens is 346 g/mol. The van der Waals surface area contributed by atoms with Gasteiger partial charge in [-0.1, -0.05) is 0 Å². The lowest BCUT2D eigenvalue weighted by Crippen LogP contribution is -2.55. The Balaban J connectivity index is 1.68. The van der Waals surface area contributed by atoms with E-state index >= 15 is 0 Å². The number of nitrogens with zero attached hydrogens (tertiary/aromatic N) is 1. The van der Waals surface area contributed by atoms with E-state index in [2.05, 4.69) is 26.6 Å². The van der Waals surface area contributed by atoms with Gasteiger partial charge >= 0.3 is 6.03 Å². The number of piperidine rings is 1. The Morgan fingerprint density at radius 3 is 2.55 bits per heavy atom. The van der Waals surface area contributed by atoms with Gasteiger partial charge in [0, 0.05) is 22.9 Å². The molecule has 2 saturated heterocycles. The normalized spacial score (nSPS) is 20.9. The van der Waals surface area contributed by atoms with Gasteiger partial charge in [-0.25, -0.2) is 4.79 Å². The van der Waals surface area contributed by atoms with Crippen LogP contribution in [0.1, 0.15) is 22.5 Å². The third-order valence-electron chi connectivity index (χ3n) is 3.70. The SMILES string of the molecule is O=C1NC(=O)C2(CCN(C(=O)c3cc(Br)cs3)CC2)N1. The number of hydrogen-bond donors (Lipinski definition) is 2. The molecule has 0 aliphatic carbocycles. The molecule has 1 aromatic heterocycles. The second-order valence-electron chi connectivity index (χ2n) is 4.91. The van der Waals surface area contributed by atoms with E-state index in [0.29, 0.717) is 30.8 Å². The van der Waals surface area contributed by atoms with E-state index in [0.717, 1.165) is 4.47 Å². The minimum Gasteiger partial charge on any atom is -0.338 e. The summed E-state index contributed by atoms with van der Waals surface area (Å²) in [5, 5.41) is 6.80. The molecule has 2 aliphatic heterocycles. The number of carbonyl (C=O) groups excluding carboxylic acids is 3. The lowest BCUT2D eigenvalue weighted by atomic mass is 9.87. The highest BCUT2D eigenvalue weighted by Gasteiger charge is 2.48. The van der Waals surface area contributed by atoms with Crippen LogP contribution in [0.25, 0.3) is 0 Å². The van der Waals surface area contributed by atoms with Crippen molar-refractivity contribution in [3.05, 3.63) is 20.8 Å². The van der Waals surface area contributed by atoms with Crippen LogP contribution in [0.4, 0.5) is 4.79 Å². The molecule has 6 nitrogen and oxygen atoms in total. The lowest BCUT2D eigenvalue weighted by molar-refractivity contribution is -0.125. The highest BCUT2D eigenvalue weighted by molar-refractivity contribution is 9.10. The van der Waals surface area contributed by atoms with Crippen molar-refractivity contribution in [1.29, 1.82) is 0 Å². The van der Waals surface area contributed by atoms with Crippen molar-refractivity contribution in [2.24, 2.45) is 0 Å². The largest absolute Gasteiger partial charge is 0.338 e. The maximum atomic E-state index is 12.3. The average Bonchev–Trinajstić information content (AvgIpc) is 2.95. The van der Waals surface area contributed by atoms with Gasteiger partial charge in [-0.15, -0.1) is 11.3 Å². The fraction of sp³-hybridized carbons (Fsp3) is 0.417. The smallest absolute Gasteiger partial charge is 0.322 e. The third kappa shape index (κ3) is 2.22. The zero-order valence-electron chi connectivity index (χ0n) is 10.4. The van der Waals surface area contributed by atoms with Crippen LogP contribution in [-0.4, -0.2) is 41.4 Å². The van der Waals surface area contributed by atoms with Gasteiger partial charge in [0.1, 0.15) is 5.54 Å². The molecule has 0 atom stereocenters. The van der Waals surface area contributed by atoms with Crippen molar-refractivity contribution in [2.75, 3.05) is 13.1 Å². The van der Waals surface area contributed by atoms with Gasteiger partial charge in [-0.3, -0.25) is 14.9 Å². The molecule has 0 unspecified atom stereocenters. The van der Waals surface area contributed by atoms with Crippen LogP contribution in [0.2, 0.25) is 0 Å². The number of likely N-dealkylation sites (tertiary alicyclic amines) is 1. The van der Waals surface area contributed by atoms with Crippen LogP contribution in [0.3, 0.4) is 0 Å². The lowest BCUT2D eigenvalue weighted by Gasteiger charge is -2.36. The van der Waals surface area contributed by atoms with Crippen molar-refractivity contribution < 1.29 is 14.4 Å². The standard InChI is InChI=1S/C12H12BrN3O3S/c13-7-5-8(20-6-7)9(17)16-3-1-12(2-4-16)10(18)14-11(19)15-12/h5-6H,1-4H2,(H2,14,15,18,19). The number of hydrogen-bond acceptors (Lipinski definition) is 4. The monoisotopic (exact) mass is 357 g/mol. The van der Waals surface area contributed by atoms with Crippen molar-refractivity contribution in [2.45, 2.75) is 18.4 Å². The van der Waals surface area contributed by atoms with Gasteiger partial charge in [0.15, 0.2) is 0 Å². The van der Waals surface area contributed by atoms with E-state index in [1.54, 1.807) is 11.0 Å². The molecule has 3 rings (SSSR count). The Hall–Kier alpha value is -1.41. The summed E-state index contributed by atoms with van der Waals surface area (Å²) in [6.07, 6.45) is 0.895. The fourth-order valence-corrected chi connectivity index (χ4v) is 3.95. The van der Waals surface area contributed by atoms with Gasteiger partial charge in [-0.05, 0) is 34.8 Å². The van der Waals surface area contributed by atoms with Gasteiger partial charge in [0.05, 0.1) is 4.88 Å². The molecule has 0 bridgehead atoms. The fourth-order valence-electron chi connectivity index (χ4n) is 2.55. The van der Waals surface area contributed by atoms with Crippen LogP contribution in [0, 0.1) is 0 Å². The minimum atomic E-state index is -0.829. The van der Waals surface area contributed by atoms with Crippen molar-refractivity contribution >= 4 is 45.1 Å². The first kappa shape index (κ1) is 13.6. The van der Waals surface area contributed by atoms with E-state index < -0.39 is 11.6 Å². The van der Waals surface area contributed by atoms with E-state index in [4.69, 9.17) is 0 Å². The van der Waals surface area contributed by atoms with Crippen LogP contribution >= 0.6 is 27.3 Å². The first-order valence-electron chi connectivity index (χ1n) is 6.17. The molecule has 1 aromatic rings. The topological polar surface area (TPSA) is 78.5 Å². The Bertz CT molecular complexity index is 593. The highest BCUT2D eigenvalue weighted by atomic mass is 79.9. The van der Waals surface area contributed by atoms with Crippen LogP contribution < -0.4 is 10.6 Å². The van der Waals surface area contributed by atoms with E-state index in [1.165, 1.54) is 11.3 Å². The quantitative estimate of drug-likeness (QED) is 0.744. The molecule has 2 fully saturated rings. The number of carbonyl (C=O) groups is 3. The second kappa shape index (κ2) is 4.85. The first-order chi connectivity index (χ1) is 9.50.